The van der Waals surface area contributed by atoms with Crippen LogP contribution in [0.15, 0.2) is 24.3 Å². The molecule has 0 radical (unpaired) electrons. The topological polar surface area (TPSA) is 58.2 Å². The van der Waals surface area contributed by atoms with E-state index in [-0.39, 0.29) is 35.7 Å². The average molecular weight is 288 g/mol. The second kappa shape index (κ2) is 6.46. The van der Waals surface area contributed by atoms with Crippen LogP contribution in [0.5, 0.6) is 0 Å². The normalized spacial score (nSPS) is 29.1. The van der Waals surface area contributed by atoms with Gasteiger partial charge in [-0.1, -0.05) is 30.7 Å². The second-order valence-corrected chi connectivity index (χ2v) is 6.44. The van der Waals surface area contributed by atoms with Crippen LogP contribution in [0.1, 0.15) is 44.9 Å². The van der Waals surface area contributed by atoms with Crippen molar-refractivity contribution in [3.05, 3.63) is 24.3 Å². The van der Waals surface area contributed by atoms with Crippen molar-refractivity contribution in [2.75, 3.05) is 0 Å². The van der Waals surface area contributed by atoms with E-state index >= 15 is 0 Å². The molecule has 2 atom stereocenters. The molecule has 114 valence electrons. The lowest BCUT2D eigenvalue weighted by Gasteiger charge is -2.22. The zero-order valence-electron chi connectivity index (χ0n) is 12.4. The quantitative estimate of drug-likeness (QED) is 0.778. The van der Waals surface area contributed by atoms with Gasteiger partial charge in [0.1, 0.15) is 0 Å². The summed E-state index contributed by atoms with van der Waals surface area (Å²) in [4.78, 5) is 24.8. The summed E-state index contributed by atoms with van der Waals surface area (Å²) in [6.45, 7) is 0. The molecular formula is C17H24N2O2. The number of carbonyl (C=O) groups excluding carboxylic acids is 2. The van der Waals surface area contributed by atoms with E-state index in [2.05, 4.69) is 34.9 Å². The number of hydrogen-bond donors (Lipinski definition) is 2. The first-order valence-electron chi connectivity index (χ1n) is 8.15. The summed E-state index contributed by atoms with van der Waals surface area (Å²) in [6, 6.07) is 0.474. The minimum absolute atomic E-state index is 0.0749. The Balaban J connectivity index is 1.53. The van der Waals surface area contributed by atoms with Gasteiger partial charge in [-0.15, -0.1) is 0 Å². The SMILES string of the molecule is O=C(NC1CC=CC1)[C@H]1CCC[C@H]1C(=O)NC1CC=CC1. The zero-order chi connectivity index (χ0) is 14.7. The Labute approximate surface area is 126 Å². The lowest BCUT2D eigenvalue weighted by molar-refractivity contribution is -0.134. The van der Waals surface area contributed by atoms with Gasteiger partial charge in [-0.25, -0.2) is 0 Å². The minimum atomic E-state index is -0.139. The number of hydrogen-bond acceptors (Lipinski definition) is 2. The monoisotopic (exact) mass is 288 g/mol. The number of amides is 2. The Bertz CT molecular complexity index is 411. The minimum Gasteiger partial charge on any atom is -0.352 e. The van der Waals surface area contributed by atoms with Crippen molar-refractivity contribution in [2.45, 2.75) is 57.0 Å². The first kappa shape index (κ1) is 14.4. The van der Waals surface area contributed by atoms with Gasteiger partial charge in [-0.2, -0.15) is 0 Å². The van der Waals surface area contributed by atoms with Gasteiger partial charge < -0.3 is 10.6 Å². The lowest BCUT2D eigenvalue weighted by Crippen LogP contribution is -2.44. The maximum Gasteiger partial charge on any atom is 0.224 e. The highest BCUT2D eigenvalue weighted by molar-refractivity contribution is 5.88. The summed E-state index contributed by atoms with van der Waals surface area (Å²) < 4.78 is 0. The average Bonchev–Trinajstić information content (AvgIpc) is 3.20. The van der Waals surface area contributed by atoms with Gasteiger partial charge in [0.2, 0.25) is 11.8 Å². The summed E-state index contributed by atoms with van der Waals surface area (Å²) in [5, 5.41) is 6.21. The van der Waals surface area contributed by atoms with E-state index in [1.54, 1.807) is 0 Å². The molecular weight excluding hydrogens is 264 g/mol. The van der Waals surface area contributed by atoms with Gasteiger partial charge in [0.25, 0.3) is 0 Å². The lowest BCUT2D eigenvalue weighted by atomic mass is 9.93. The van der Waals surface area contributed by atoms with Crippen LogP contribution in [0.2, 0.25) is 0 Å². The Morgan fingerprint density at radius 2 is 1.10 bits per heavy atom. The van der Waals surface area contributed by atoms with Crippen molar-refractivity contribution < 1.29 is 9.59 Å². The summed E-state index contributed by atoms with van der Waals surface area (Å²) in [5.74, 6) is -0.128. The maximum absolute atomic E-state index is 12.4. The first-order valence-corrected chi connectivity index (χ1v) is 8.15. The van der Waals surface area contributed by atoms with Crippen molar-refractivity contribution in [1.82, 2.24) is 10.6 Å². The first-order chi connectivity index (χ1) is 10.2. The molecule has 1 fully saturated rings. The van der Waals surface area contributed by atoms with E-state index in [4.69, 9.17) is 0 Å². The van der Waals surface area contributed by atoms with Gasteiger partial charge in [-0.3, -0.25) is 9.59 Å². The molecule has 2 amide bonds. The summed E-state index contributed by atoms with van der Waals surface area (Å²) >= 11 is 0. The van der Waals surface area contributed by atoms with Crippen LogP contribution >= 0.6 is 0 Å². The van der Waals surface area contributed by atoms with Crippen LogP contribution in [0.3, 0.4) is 0 Å². The molecule has 0 spiro atoms. The smallest absolute Gasteiger partial charge is 0.224 e. The van der Waals surface area contributed by atoms with Gasteiger partial charge in [-0.05, 0) is 38.5 Å². The second-order valence-electron chi connectivity index (χ2n) is 6.44. The Hall–Kier alpha value is -1.58. The fraction of sp³-hybridized carbons (Fsp3) is 0.647. The number of carbonyl (C=O) groups is 2. The molecule has 21 heavy (non-hydrogen) atoms. The summed E-state index contributed by atoms with van der Waals surface area (Å²) in [6.07, 6.45) is 14.8. The van der Waals surface area contributed by atoms with Crippen LogP contribution < -0.4 is 10.6 Å². The van der Waals surface area contributed by atoms with Gasteiger partial charge in [0, 0.05) is 23.9 Å². The van der Waals surface area contributed by atoms with E-state index in [1.807, 2.05) is 0 Å². The molecule has 3 rings (SSSR count). The predicted octanol–water partition coefficient (Wildman–Crippen LogP) is 2.07. The van der Waals surface area contributed by atoms with Crippen molar-refractivity contribution in [2.24, 2.45) is 11.8 Å². The fourth-order valence-electron chi connectivity index (χ4n) is 3.67. The van der Waals surface area contributed by atoms with Gasteiger partial charge in [0.15, 0.2) is 0 Å². The van der Waals surface area contributed by atoms with Gasteiger partial charge in [0.05, 0.1) is 0 Å². The largest absolute Gasteiger partial charge is 0.352 e. The highest BCUT2D eigenvalue weighted by Gasteiger charge is 2.38. The molecule has 0 saturated heterocycles. The van der Waals surface area contributed by atoms with Crippen LogP contribution in [0.25, 0.3) is 0 Å². The molecule has 3 aliphatic rings. The summed E-state index contributed by atoms with van der Waals surface area (Å²) in [5.41, 5.74) is 0. The molecule has 0 aromatic rings. The molecule has 0 aromatic carbocycles. The molecule has 0 aliphatic heterocycles. The van der Waals surface area contributed by atoms with E-state index in [0.717, 1.165) is 44.9 Å². The van der Waals surface area contributed by atoms with Crippen LogP contribution in [-0.2, 0) is 9.59 Å². The molecule has 0 unspecified atom stereocenters. The number of nitrogens with one attached hydrogen (secondary N) is 2. The third-order valence-electron chi connectivity index (χ3n) is 4.90. The molecule has 1 saturated carbocycles. The Morgan fingerprint density at radius 3 is 1.48 bits per heavy atom. The molecule has 3 aliphatic carbocycles. The Morgan fingerprint density at radius 1 is 0.714 bits per heavy atom. The molecule has 4 nitrogen and oxygen atoms in total. The molecule has 0 aromatic heterocycles. The molecule has 0 bridgehead atoms. The van der Waals surface area contributed by atoms with E-state index in [0.29, 0.717) is 0 Å². The van der Waals surface area contributed by atoms with Crippen molar-refractivity contribution in [3.63, 3.8) is 0 Å². The van der Waals surface area contributed by atoms with E-state index in [9.17, 15) is 9.59 Å². The maximum atomic E-state index is 12.4. The van der Waals surface area contributed by atoms with Gasteiger partial charge >= 0.3 is 0 Å². The van der Waals surface area contributed by atoms with Crippen molar-refractivity contribution in [1.29, 1.82) is 0 Å². The van der Waals surface area contributed by atoms with Crippen LogP contribution in [0.4, 0.5) is 0 Å². The molecule has 2 N–H and O–H groups in total. The standard InChI is InChI=1S/C17H24N2O2/c20-16(18-12-6-1-2-7-12)14-10-5-11-15(14)17(21)19-13-8-3-4-9-13/h1-4,12-15H,5-11H2,(H,18,20)(H,19,21)/t14-,15+. The number of rotatable bonds is 4. The highest BCUT2D eigenvalue weighted by atomic mass is 16.2. The van der Waals surface area contributed by atoms with E-state index in [1.165, 1.54) is 0 Å². The van der Waals surface area contributed by atoms with E-state index < -0.39 is 0 Å². The van der Waals surface area contributed by atoms with Crippen LogP contribution in [-0.4, -0.2) is 23.9 Å². The zero-order valence-corrected chi connectivity index (χ0v) is 12.4. The Kier molecular flexibility index (Phi) is 4.42. The highest BCUT2D eigenvalue weighted by Crippen LogP contribution is 2.33. The predicted molar refractivity (Wildman–Crippen MR) is 81.4 cm³/mol. The summed E-state index contributed by atoms with van der Waals surface area (Å²) in [7, 11) is 0. The third-order valence-corrected chi connectivity index (χ3v) is 4.90. The molecule has 4 heteroatoms. The molecule has 0 heterocycles. The third kappa shape index (κ3) is 3.36. The van der Waals surface area contributed by atoms with Crippen molar-refractivity contribution in [3.8, 4) is 0 Å². The fourth-order valence-corrected chi connectivity index (χ4v) is 3.67. The van der Waals surface area contributed by atoms with Crippen molar-refractivity contribution >= 4 is 11.8 Å². The van der Waals surface area contributed by atoms with Crippen LogP contribution in [0, 0.1) is 11.8 Å².